The zero-order valence-electron chi connectivity index (χ0n) is 12.8. The minimum atomic E-state index is -0.302. The Hall–Kier alpha value is -2.82. The van der Waals surface area contributed by atoms with Gasteiger partial charge < -0.3 is 14.6 Å². The van der Waals surface area contributed by atoms with E-state index in [0.717, 1.165) is 23.2 Å². The van der Waals surface area contributed by atoms with Crippen LogP contribution in [0, 0.1) is 6.92 Å². The van der Waals surface area contributed by atoms with Crippen molar-refractivity contribution in [3.8, 4) is 0 Å². The number of hydrogen-bond acceptors (Lipinski definition) is 4. The summed E-state index contributed by atoms with van der Waals surface area (Å²) in [5, 5.41) is 3.12. The van der Waals surface area contributed by atoms with Crippen LogP contribution in [0.1, 0.15) is 12.0 Å². The minimum absolute atomic E-state index is 0.0520. The third-order valence-electron chi connectivity index (χ3n) is 4.14. The number of fused-ring (bicyclic) bond motifs is 1. The monoisotopic (exact) mass is 307 g/mol. The quantitative estimate of drug-likeness (QED) is 0.806. The summed E-state index contributed by atoms with van der Waals surface area (Å²) in [7, 11) is 0. The van der Waals surface area contributed by atoms with Crippen molar-refractivity contribution in [3.05, 3.63) is 54.1 Å². The van der Waals surface area contributed by atoms with Gasteiger partial charge in [0.05, 0.1) is 0 Å². The van der Waals surface area contributed by atoms with Gasteiger partial charge in [-0.15, -0.1) is 0 Å². The molecule has 2 heterocycles. The smallest absolute Gasteiger partial charge is 0.296 e. The van der Waals surface area contributed by atoms with E-state index >= 15 is 0 Å². The molecular formula is C18H17N3O2. The fraction of sp³-hybridized carbons (Fsp3) is 0.222. The summed E-state index contributed by atoms with van der Waals surface area (Å²) in [6.45, 7) is 2.73. The van der Waals surface area contributed by atoms with Crippen molar-refractivity contribution >= 4 is 28.7 Å². The Morgan fingerprint density at radius 2 is 1.96 bits per heavy atom. The van der Waals surface area contributed by atoms with E-state index < -0.39 is 0 Å². The second-order valence-electron chi connectivity index (χ2n) is 5.80. The maximum absolute atomic E-state index is 12.6. The number of benzene rings is 2. The van der Waals surface area contributed by atoms with E-state index in [1.54, 1.807) is 4.90 Å². The topological polar surface area (TPSA) is 58.4 Å². The SMILES string of the molecule is Cc1ccc(N2CCC(Nc3nc4ccccc4o3)C2=O)cc1. The molecule has 0 radical (unpaired) electrons. The van der Waals surface area contributed by atoms with Gasteiger partial charge in [0.2, 0.25) is 5.91 Å². The highest BCUT2D eigenvalue weighted by molar-refractivity contribution is 6.00. The van der Waals surface area contributed by atoms with Gasteiger partial charge in [0.25, 0.3) is 6.01 Å². The zero-order chi connectivity index (χ0) is 15.8. The van der Waals surface area contributed by atoms with Crippen molar-refractivity contribution in [1.29, 1.82) is 0 Å². The summed E-state index contributed by atoms with van der Waals surface area (Å²) in [4.78, 5) is 18.8. The lowest BCUT2D eigenvalue weighted by Gasteiger charge is -2.17. The van der Waals surface area contributed by atoms with E-state index in [9.17, 15) is 4.79 Å². The van der Waals surface area contributed by atoms with Gasteiger partial charge in [-0.05, 0) is 37.6 Å². The van der Waals surface area contributed by atoms with E-state index in [1.165, 1.54) is 5.56 Å². The van der Waals surface area contributed by atoms with E-state index in [-0.39, 0.29) is 11.9 Å². The molecule has 1 unspecified atom stereocenters. The van der Waals surface area contributed by atoms with Crippen LogP contribution in [0.2, 0.25) is 0 Å². The fourth-order valence-corrected chi connectivity index (χ4v) is 2.88. The highest BCUT2D eigenvalue weighted by Crippen LogP contribution is 2.25. The summed E-state index contributed by atoms with van der Waals surface area (Å²) in [6.07, 6.45) is 0.728. The number of nitrogens with zero attached hydrogens (tertiary/aromatic N) is 2. The Kier molecular flexibility index (Phi) is 3.26. The van der Waals surface area contributed by atoms with Crippen molar-refractivity contribution in [2.45, 2.75) is 19.4 Å². The minimum Gasteiger partial charge on any atom is -0.424 e. The molecule has 1 aromatic heterocycles. The molecule has 1 atom stereocenters. The summed E-state index contributed by atoms with van der Waals surface area (Å²) in [5.41, 5.74) is 3.62. The van der Waals surface area contributed by atoms with Gasteiger partial charge in [-0.3, -0.25) is 4.79 Å². The van der Waals surface area contributed by atoms with Crippen LogP contribution in [0.4, 0.5) is 11.7 Å². The Morgan fingerprint density at radius 1 is 1.17 bits per heavy atom. The molecule has 116 valence electrons. The number of carbonyl (C=O) groups excluding carboxylic acids is 1. The second-order valence-corrected chi connectivity index (χ2v) is 5.80. The second kappa shape index (κ2) is 5.43. The third-order valence-corrected chi connectivity index (χ3v) is 4.14. The molecule has 1 aliphatic rings. The lowest BCUT2D eigenvalue weighted by atomic mass is 10.2. The number of aromatic nitrogens is 1. The maximum Gasteiger partial charge on any atom is 0.296 e. The fourth-order valence-electron chi connectivity index (χ4n) is 2.88. The maximum atomic E-state index is 12.6. The van der Waals surface area contributed by atoms with Crippen LogP contribution < -0.4 is 10.2 Å². The highest BCUT2D eigenvalue weighted by atomic mass is 16.4. The van der Waals surface area contributed by atoms with Crippen LogP contribution in [0.5, 0.6) is 0 Å². The molecule has 5 nitrogen and oxygen atoms in total. The van der Waals surface area contributed by atoms with Crippen molar-refractivity contribution < 1.29 is 9.21 Å². The number of carbonyl (C=O) groups is 1. The van der Waals surface area contributed by atoms with Gasteiger partial charge >= 0.3 is 0 Å². The van der Waals surface area contributed by atoms with Crippen LogP contribution in [0.3, 0.4) is 0 Å². The Labute approximate surface area is 133 Å². The molecule has 2 aromatic carbocycles. The number of rotatable bonds is 3. The number of nitrogens with one attached hydrogen (secondary N) is 1. The summed E-state index contributed by atoms with van der Waals surface area (Å²) >= 11 is 0. The summed E-state index contributed by atoms with van der Waals surface area (Å²) < 4.78 is 5.64. The van der Waals surface area contributed by atoms with E-state index in [4.69, 9.17) is 4.42 Å². The summed E-state index contributed by atoms with van der Waals surface area (Å²) in [6, 6.07) is 15.7. The van der Waals surface area contributed by atoms with Crippen LogP contribution in [0.25, 0.3) is 11.1 Å². The average Bonchev–Trinajstić information content (AvgIpc) is 3.12. The van der Waals surface area contributed by atoms with Gasteiger partial charge in [0, 0.05) is 12.2 Å². The molecule has 0 saturated carbocycles. The van der Waals surface area contributed by atoms with E-state index in [0.29, 0.717) is 12.6 Å². The zero-order valence-corrected chi connectivity index (χ0v) is 12.8. The van der Waals surface area contributed by atoms with Crippen LogP contribution in [-0.2, 0) is 4.79 Å². The molecule has 1 N–H and O–H groups in total. The Morgan fingerprint density at radius 3 is 2.74 bits per heavy atom. The van der Waals surface area contributed by atoms with Crippen molar-refractivity contribution in [2.24, 2.45) is 0 Å². The number of anilines is 2. The lowest BCUT2D eigenvalue weighted by molar-refractivity contribution is -0.117. The average molecular weight is 307 g/mol. The van der Waals surface area contributed by atoms with Gasteiger partial charge in [-0.1, -0.05) is 29.8 Å². The molecule has 4 rings (SSSR count). The molecule has 1 saturated heterocycles. The first-order chi connectivity index (χ1) is 11.2. The first-order valence-corrected chi connectivity index (χ1v) is 7.71. The first kappa shape index (κ1) is 13.8. The highest BCUT2D eigenvalue weighted by Gasteiger charge is 2.33. The number of hydrogen-bond donors (Lipinski definition) is 1. The van der Waals surface area contributed by atoms with Gasteiger partial charge in [0.1, 0.15) is 11.6 Å². The Bertz CT molecular complexity index is 821. The van der Waals surface area contributed by atoms with Gasteiger partial charge in [-0.25, -0.2) is 0 Å². The molecule has 0 bridgehead atoms. The number of amides is 1. The molecule has 3 aromatic rings. The molecule has 0 aliphatic carbocycles. The predicted octanol–water partition coefficient (Wildman–Crippen LogP) is 3.35. The van der Waals surface area contributed by atoms with E-state index in [2.05, 4.69) is 10.3 Å². The molecule has 1 amide bonds. The van der Waals surface area contributed by atoms with Crippen LogP contribution in [0.15, 0.2) is 52.9 Å². The molecule has 1 fully saturated rings. The lowest BCUT2D eigenvalue weighted by Crippen LogP contribution is -2.33. The normalized spacial score (nSPS) is 17.9. The molecule has 0 spiro atoms. The van der Waals surface area contributed by atoms with Crippen LogP contribution in [-0.4, -0.2) is 23.5 Å². The summed E-state index contributed by atoms with van der Waals surface area (Å²) in [5.74, 6) is 0.0520. The van der Waals surface area contributed by atoms with Gasteiger partial charge in [-0.2, -0.15) is 4.98 Å². The number of para-hydroxylation sites is 2. The Balaban J connectivity index is 1.52. The third kappa shape index (κ3) is 2.54. The molecule has 1 aliphatic heterocycles. The largest absolute Gasteiger partial charge is 0.424 e. The molecule has 23 heavy (non-hydrogen) atoms. The van der Waals surface area contributed by atoms with Crippen molar-refractivity contribution in [1.82, 2.24) is 4.98 Å². The molecule has 5 heteroatoms. The number of aryl methyl sites for hydroxylation is 1. The standard InChI is InChI=1S/C18H17N3O2/c1-12-6-8-13(9-7-12)21-11-10-15(17(21)22)20-18-19-14-4-2-3-5-16(14)23-18/h2-9,15H,10-11H2,1H3,(H,19,20). The van der Waals surface area contributed by atoms with Gasteiger partial charge in [0.15, 0.2) is 5.58 Å². The molecular weight excluding hydrogens is 290 g/mol. The predicted molar refractivity (Wildman–Crippen MR) is 89.6 cm³/mol. The van der Waals surface area contributed by atoms with Crippen molar-refractivity contribution in [3.63, 3.8) is 0 Å². The number of oxazole rings is 1. The van der Waals surface area contributed by atoms with Crippen molar-refractivity contribution in [2.75, 3.05) is 16.8 Å². The van der Waals surface area contributed by atoms with E-state index in [1.807, 2.05) is 55.5 Å². The van der Waals surface area contributed by atoms with Crippen LogP contribution >= 0.6 is 0 Å². The first-order valence-electron chi connectivity index (χ1n) is 7.71.